The van der Waals surface area contributed by atoms with Crippen LogP contribution in [0.5, 0.6) is 0 Å². The van der Waals surface area contributed by atoms with Crippen molar-refractivity contribution in [2.24, 2.45) is 23.7 Å². The first-order valence-corrected chi connectivity index (χ1v) is 15.1. The molecule has 1 aromatic heterocycles. The van der Waals surface area contributed by atoms with E-state index in [-0.39, 0.29) is 6.61 Å². The van der Waals surface area contributed by atoms with Gasteiger partial charge in [-0.25, -0.2) is 0 Å². The van der Waals surface area contributed by atoms with Gasteiger partial charge in [-0.05, 0) is 94.7 Å². The quantitative estimate of drug-likeness (QED) is 0.253. The summed E-state index contributed by atoms with van der Waals surface area (Å²) < 4.78 is 0. The molecule has 1 aromatic rings. The summed E-state index contributed by atoms with van der Waals surface area (Å²) in [5.41, 5.74) is 6.12. The molecule has 3 saturated carbocycles. The third-order valence-electron chi connectivity index (χ3n) is 9.47. The number of nitrogens with two attached hydrogens (primary N) is 1. The van der Waals surface area contributed by atoms with E-state index in [1.54, 1.807) is 0 Å². The van der Waals surface area contributed by atoms with Crippen LogP contribution in [-0.2, 0) is 0 Å². The van der Waals surface area contributed by atoms with Gasteiger partial charge in [-0.2, -0.15) is 9.97 Å². The first-order chi connectivity index (χ1) is 18.2. The van der Waals surface area contributed by atoms with Crippen LogP contribution in [0.4, 0.5) is 17.6 Å². The van der Waals surface area contributed by atoms with Crippen molar-refractivity contribution in [1.82, 2.24) is 25.5 Å². The Morgan fingerprint density at radius 2 is 1.70 bits per heavy atom. The number of rotatable bonds is 13. The van der Waals surface area contributed by atoms with Gasteiger partial charge in [0.15, 0.2) is 0 Å². The van der Waals surface area contributed by atoms with Gasteiger partial charge in [-0.1, -0.05) is 6.42 Å². The summed E-state index contributed by atoms with van der Waals surface area (Å²) in [6.07, 6.45) is 12.3. The van der Waals surface area contributed by atoms with Crippen molar-refractivity contribution in [1.29, 1.82) is 0 Å². The molecule has 0 aromatic carbocycles. The number of hydrogen-bond acceptors (Lipinski definition) is 9. The molecular formula is C28H50N8O. The second-order valence-electron chi connectivity index (χ2n) is 12.1. The van der Waals surface area contributed by atoms with Gasteiger partial charge >= 0.3 is 0 Å². The number of hydrogen-bond donors (Lipinski definition) is 5. The third kappa shape index (κ3) is 7.68. The molecule has 9 heteroatoms. The lowest BCUT2D eigenvalue weighted by molar-refractivity contribution is 0.188. The summed E-state index contributed by atoms with van der Waals surface area (Å²) >= 11 is 0. The number of piperazine rings is 1. The first-order valence-electron chi connectivity index (χ1n) is 15.1. The van der Waals surface area contributed by atoms with Crippen molar-refractivity contribution < 1.29 is 5.11 Å². The number of aliphatic hydroxyl groups is 1. The van der Waals surface area contributed by atoms with E-state index in [4.69, 9.17) is 15.8 Å². The summed E-state index contributed by atoms with van der Waals surface area (Å²) in [4.78, 5) is 13.8. The molecule has 0 radical (unpaired) electrons. The number of nitrogens with one attached hydrogen (secondary N) is 3. The zero-order valence-corrected chi connectivity index (χ0v) is 22.7. The normalized spacial score (nSPS) is 30.2. The predicted octanol–water partition coefficient (Wildman–Crippen LogP) is 2.15. The fourth-order valence-electron chi connectivity index (χ4n) is 7.21. The van der Waals surface area contributed by atoms with Gasteiger partial charge in [0.05, 0.1) is 6.61 Å². The maximum absolute atomic E-state index is 9.16. The number of β-amino-alcohol motifs (C(OH)–C–C–N with tert-alkyl or cyclic N) is 1. The summed E-state index contributed by atoms with van der Waals surface area (Å²) in [7, 11) is 0. The molecule has 0 spiro atoms. The summed E-state index contributed by atoms with van der Waals surface area (Å²) in [6, 6.07) is 2.69. The monoisotopic (exact) mass is 514 g/mol. The lowest BCUT2D eigenvalue weighted by Gasteiger charge is -2.35. The molecule has 1 aliphatic heterocycles. The highest BCUT2D eigenvalue weighted by atomic mass is 16.3. The molecule has 3 atom stereocenters. The Hall–Kier alpha value is -1.68. The van der Waals surface area contributed by atoms with Gasteiger partial charge in [0.1, 0.15) is 11.6 Å². The van der Waals surface area contributed by atoms with Gasteiger partial charge in [-0.15, -0.1) is 0 Å². The number of nitrogen functional groups attached to an aromatic ring is 1. The second-order valence-corrected chi connectivity index (χ2v) is 12.1. The Morgan fingerprint density at radius 3 is 2.41 bits per heavy atom. The molecular weight excluding hydrogens is 464 g/mol. The van der Waals surface area contributed by atoms with Crippen LogP contribution in [-0.4, -0.2) is 91.5 Å². The van der Waals surface area contributed by atoms with E-state index in [9.17, 15) is 0 Å². The number of nitrogens with zero attached hydrogens (tertiary/aromatic N) is 4. The minimum atomic E-state index is 0.214. The average molecular weight is 515 g/mol. The standard InChI is InChI=1S/C28H50N8O/c29-26-18-27(36-12-10-35(11-13-36)14-15-37)34-28(33-26)32-20-22-4-2-21(3-5-22)19-30-8-1-9-31-25-17-23-6-7-24(25)16-23/h18,21-25,30-31,37H,1-17,19-20H2,(H3,29,32,33,34)/t21-,22-,23-,24+,25+/m1/s1. The fourth-order valence-corrected chi connectivity index (χ4v) is 7.21. The minimum absolute atomic E-state index is 0.214. The second kappa shape index (κ2) is 13.4. The Bertz CT molecular complexity index is 824. The SMILES string of the molecule is Nc1cc(N2CCN(CCO)CC2)nc(NC[C@H]2CC[C@H](CNCCCN[C@H]3C[C@@H]4CC[C@H]3C4)CC2)n1. The highest BCUT2D eigenvalue weighted by Gasteiger charge is 2.38. The number of aromatic nitrogens is 2. The first kappa shape index (κ1) is 26.9. The summed E-state index contributed by atoms with van der Waals surface area (Å²) in [5, 5.41) is 20.2. The molecule has 9 nitrogen and oxygen atoms in total. The Morgan fingerprint density at radius 1 is 0.919 bits per heavy atom. The molecule has 6 N–H and O–H groups in total. The van der Waals surface area contributed by atoms with Gasteiger partial charge in [0.2, 0.25) is 5.95 Å². The number of aliphatic hydroxyl groups excluding tert-OH is 1. The van der Waals surface area contributed by atoms with Crippen LogP contribution < -0.4 is 26.6 Å². The lowest BCUT2D eigenvalue weighted by Crippen LogP contribution is -2.47. The Labute approximate surface area is 223 Å². The summed E-state index contributed by atoms with van der Waals surface area (Å²) in [5.74, 6) is 5.58. The zero-order valence-electron chi connectivity index (χ0n) is 22.7. The Balaban J connectivity index is 0.941. The van der Waals surface area contributed by atoms with Gasteiger partial charge in [-0.3, -0.25) is 4.90 Å². The number of fused-ring (bicyclic) bond motifs is 2. The van der Waals surface area contributed by atoms with Crippen molar-refractivity contribution in [3.05, 3.63) is 6.07 Å². The lowest BCUT2D eigenvalue weighted by atomic mass is 9.82. The van der Waals surface area contributed by atoms with E-state index in [1.165, 1.54) is 70.9 Å². The largest absolute Gasteiger partial charge is 0.395 e. The van der Waals surface area contributed by atoms with Crippen LogP contribution in [0.3, 0.4) is 0 Å². The van der Waals surface area contributed by atoms with Gasteiger partial charge in [0.25, 0.3) is 0 Å². The maximum Gasteiger partial charge on any atom is 0.226 e. The number of anilines is 3. The molecule has 0 unspecified atom stereocenters. The van der Waals surface area contributed by atoms with Crippen LogP contribution >= 0.6 is 0 Å². The average Bonchev–Trinajstić information content (AvgIpc) is 3.54. The maximum atomic E-state index is 9.16. The van der Waals surface area contributed by atoms with Crippen molar-refractivity contribution in [3.8, 4) is 0 Å². The van der Waals surface area contributed by atoms with E-state index >= 15 is 0 Å². The van der Waals surface area contributed by atoms with E-state index in [0.29, 0.717) is 17.7 Å². The van der Waals surface area contributed by atoms with Crippen LogP contribution in [0, 0.1) is 23.7 Å². The molecule has 4 fully saturated rings. The molecule has 37 heavy (non-hydrogen) atoms. The molecule has 1 saturated heterocycles. The minimum Gasteiger partial charge on any atom is -0.395 e. The van der Waals surface area contributed by atoms with Gasteiger partial charge < -0.3 is 31.7 Å². The van der Waals surface area contributed by atoms with E-state index in [0.717, 1.165) is 75.4 Å². The Kier molecular flexibility index (Phi) is 9.75. The van der Waals surface area contributed by atoms with Crippen molar-refractivity contribution in [2.75, 3.05) is 81.5 Å². The van der Waals surface area contributed by atoms with Crippen molar-refractivity contribution in [2.45, 2.75) is 63.8 Å². The van der Waals surface area contributed by atoms with Crippen LogP contribution in [0.25, 0.3) is 0 Å². The fraction of sp³-hybridized carbons (Fsp3) is 0.857. The predicted molar refractivity (Wildman–Crippen MR) is 151 cm³/mol. The van der Waals surface area contributed by atoms with E-state index in [1.807, 2.05) is 6.07 Å². The molecule has 2 bridgehead atoms. The van der Waals surface area contributed by atoms with Crippen molar-refractivity contribution in [3.63, 3.8) is 0 Å². The molecule has 3 aliphatic carbocycles. The molecule has 0 amide bonds. The molecule has 2 heterocycles. The zero-order chi connectivity index (χ0) is 25.5. The van der Waals surface area contributed by atoms with E-state index < -0.39 is 0 Å². The van der Waals surface area contributed by atoms with Crippen molar-refractivity contribution >= 4 is 17.6 Å². The molecule has 208 valence electrons. The molecule has 4 aliphatic rings. The van der Waals surface area contributed by atoms with Crippen LogP contribution in [0.1, 0.15) is 57.8 Å². The topological polar surface area (TPSA) is 115 Å². The molecule has 5 rings (SSSR count). The third-order valence-corrected chi connectivity index (χ3v) is 9.47. The summed E-state index contributed by atoms with van der Waals surface area (Å²) in [6.45, 7) is 9.01. The van der Waals surface area contributed by atoms with Crippen LogP contribution in [0.2, 0.25) is 0 Å². The van der Waals surface area contributed by atoms with E-state index in [2.05, 4.69) is 30.7 Å². The highest BCUT2D eigenvalue weighted by molar-refractivity contribution is 5.51. The smallest absolute Gasteiger partial charge is 0.226 e. The van der Waals surface area contributed by atoms with Crippen LogP contribution in [0.15, 0.2) is 6.07 Å². The highest BCUT2D eigenvalue weighted by Crippen LogP contribution is 2.44. The van der Waals surface area contributed by atoms with Gasteiger partial charge in [0, 0.05) is 51.4 Å².